The van der Waals surface area contributed by atoms with Crippen LogP contribution in [0, 0.1) is 6.92 Å². The maximum atomic E-state index is 12.7. The highest BCUT2D eigenvalue weighted by atomic mass is 32.2. The number of sulfone groups is 1. The van der Waals surface area contributed by atoms with Crippen LogP contribution in [0.2, 0.25) is 0 Å². The van der Waals surface area contributed by atoms with Crippen LogP contribution in [-0.2, 0) is 9.84 Å². The van der Waals surface area contributed by atoms with Gasteiger partial charge < -0.3 is 10.5 Å². The van der Waals surface area contributed by atoms with Gasteiger partial charge in [-0.25, -0.2) is 8.42 Å². The van der Waals surface area contributed by atoms with Crippen LogP contribution in [0.3, 0.4) is 0 Å². The van der Waals surface area contributed by atoms with E-state index in [0.29, 0.717) is 4.90 Å². The molecule has 2 N–H and O–H groups in total. The number of nitrogens with two attached hydrogens (primary N) is 1. The Kier molecular flexibility index (Phi) is 3.70. The Labute approximate surface area is 130 Å². The zero-order chi connectivity index (χ0) is 15.9. The molecule has 3 atom stereocenters. The molecule has 2 aromatic carbocycles. The van der Waals surface area contributed by atoms with E-state index >= 15 is 0 Å². The van der Waals surface area contributed by atoms with Crippen LogP contribution < -0.4 is 10.5 Å². The monoisotopic (exact) mass is 317 g/mol. The summed E-state index contributed by atoms with van der Waals surface area (Å²) in [5.74, 6) is 0.591. The van der Waals surface area contributed by atoms with Crippen molar-refractivity contribution in [1.82, 2.24) is 0 Å². The zero-order valence-corrected chi connectivity index (χ0v) is 13.4. The van der Waals surface area contributed by atoms with E-state index < -0.39 is 15.1 Å². The summed E-state index contributed by atoms with van der Waals surface area (Å²) >= 11 is 0. The van der Waals surface area contributed by atoms with Crippen LogP contribution in [0.5, 0.6) is 5.75 Å². The summed E-state index contributed by atoms with van der Waals surface area (Å²) in [6, 6.07) is 14.0. The van der Waals surface area contributed by atoms with Gasteiger partial charge in [-0.3, -0.25) is 0 Å². The summed E-state index contributed by atoms with van der Waals surface area (Å²) in [5, 5.41) is -0.552. The second-order valence-electron chi connectivity index (χ2n) is 5.70. The Bertz CT molecular complexity index is 767. The average molecular weight is 317 g/mol. The number of aryl methyl sites for hydroxylation is 1. The Hall–Kier alpha value is -1.85. The van der Waals surface area contributed by atoms with Crippen molar-refractivity contribution in [1.29, 1.82) is 0 Å². The van der Waals surface area contributed by atoms with Crippen LogP contribution in [0.25, 0.3) is 0 Å². The maximum absolute atomic E-state index is 12.7. The quantitative estimate of drug-likeness (QED) is 0.939. The van der Waals surface area contributed by atoms with Gasteiger partial charge in [0.25, 0.3) is 0 Å². The highest BCUT2D eigenvalue weighted by Gasteiger charge is 2.57. The standard InChI is InChI=1S/C17H19NO3S/c1-11-3-9-14(10-4-11)22(19,20)17-15(16(17)18)12-5-7-13(21-2)8-6-12/h3-10,15-17H,18H2,1-2H3/t15-,16+,17+/m1/s1. The third-order valence-corrected chi connectivity index (χ3v) is 6.47. The van der Waals surface area contributed by atoms with Crippen LogP contribution in [0.4, 0.5) is 0 Å². The molecule has 0 radical (unpaired) electrons. The van der Waals surface area contributed by atoms with E-state index in [-0.39, 0.29) is 12.0 Å². The van der Waals surface area contributed by atoms with Crippen molar-refractivity contribution in [3.63, 3.8) is 0 Å². The fourth-order valence-corrected chi connectivity index (χ4v) is 4.87. The minimum Gasteiger partial charge on any atom is -0.497 e. The van der Waals surface area contributed by atoms with Gasteiger partial charge in [-0.1, -0.05) is 29.8 Å². The minimum absolute atomic E-state index is 0.155. The first kappa shape index (κ1) is 15.1. The molecule has 2 aromatic rings. The van der Waals surface area contributed by atoms with Crippen LogP contribution in [0.15, 0.2) is 53.4 Å². The van der Waals surface area contributed by atoms with Crippen LogP contribution >= 0.6 is 0 Å². The predicted octanol–water partition coefficient (Wildman–Crippen LogP) is 2.27. The molecule has 3 rings (SSSR count). The molecule has 0 amide bonds. The smallest absolute Gasteiger partial charge is 0.183 e. The van der Waals surface area contributed by atoms with E-state index in [4.69, 9.17) is 10.5 Å². The lowest BCUT2D eigenvalue weighted by Crippen LogP contribution is -2.15. The normalized spacial score (nSPS) is 24.0. The molecule has 0 saturated heterocycles. The summed E-state index contributed by atoms with van der Waals surface area (Å²) in [4.78, 5) is 0.342. The molecule has 4 nitrogen and oxygen atoms in total. The van der Waals surface area contributed by atoms with Gasteiger partial charge in [0, 0.05) is 12.0 Å². The average Bonchev–Trinajstić information content (AvgIpc) is 3.20. The van der Waals surface area contributed by atoms with Crippen molar-refractivity contribution in [3.8, 4) is 5.75 Å². The summed E-state index contributed by atoms with van der Waals surface area (Å²) in [5.41, 5.74) is 8.03. The van der Waals surface area contributed by atoms with Crippen molar-refractivity contribution >= 4 is 9.84 Å². The number of ether oxygens (including phenoxy) is 1. The van der Waals surface area contributed by atoms with Crippen molar-refractivity contribution < 1.29 is 13.2 Å². The molecule has 0 aliphatic heterocycles. The van der Waals surface area contributed by atoms with Crippen molar-refractivity contribution in [3.05, 3.63) is 59.7 Å². The predicted molar refractivity (Wildman–Crippen MR) is 85.9 cm³/mol. The van der Waals surface area contributed by atoms with E-state index in [1.54, 1.807) is 19.2 Å². The van der Waals surface area contributed by atoms with Gasteiger partial charge in [0.2, 0.25) is 0 Å². The Balaban J connectivity index is 1.87. The minimum atomic E-state index is -3.40. The zero-order valence-electron chi connectivity index (χ0n) is 12.6. The van der Waals surface area contributed by atoms with Gasteiger partial charge in [-0.05, 0) is 36.8 Å². The SMILES string of the molecule is COc1ccc([C@@H]2[C@H](N)[C@H]2S(=O)(=O)c2ccc(C)cc2)cc1. The highest BCUT2D eigenvalue weighted by Crippen LogP contribution is 2.47. The first-order valence-corrected chi connectivity index (χ1v) is 8.70. The molecule has 5 heteroatoms. The Morgan fingerprint density at radius 2 is 1.59 bits per heavy atom. The van der Waals surface area contributed by atoms with Gasteiger partial charge in [-0.2, -0.15) is 0 Å². The van der Waals surface area contributed by atoms with Gasteiger partial charge >= 0.3 is 0 Å². The molecular formula is C17H19NO3S. The van der Waals surface area contributed by atoms with Gasteiger partial charge in [-0.15, -0.1) is 0 Å². The largest absolute Gasteiger partial charge is 0.497 e. The summed E-state index contributed by atoms with van der Waals surface area (Å²) in [6.45, 7) is 1.93. The second-order valence-corrected chi connectivity index (χ2v) is 7.80. The van der Waals surface area contributed by atoms with E-state index in [9.17, 15) is 8.42 Å². The van der Waals surface area contributed by atoms with Crippen molar-refractivity contribution in [2.75, 3.05) is 7.11 Å². The fourth-order valence-electron chi connectivity index (χ4n) is 2.83. The highest BCUT2D eigenvalue weighted by molar-refractivity contribution is 7.92. The summed E-state index contributed by atoms with van der Waals surface area (Å²) < 4.78 is 30.6. The lowest BCUT2D eigenvalue weighted by molar-refractivity contribution is 0.414. The van der Waals surface area contributed by atoms with E-state index in [1.807, 2.05) is 43.3 Å². The molecule has 1 aliphatic carbocycles. The van der Waals surface area contributed by atoms with E-state index in [2.05, 4.69) is 0 Å². The van der Waals surface area contributed by atoms with E-state index in [0.717, 1.165) is 16.9 Å². The van der Waals surface area contributed by atoms with Crippen LogP contribution in [-0.4, -0.2) is 26.8 Å². The van der Waals surface area contributed by atoms with Gasteiger partial charge in [0.15, 0.2) is 9.84 Å². The third-order valence-electron chi connectivity index (χ3n) is 4.22. The number of methoxy groups -OCH3 is 1. The number of hydrogen-bond acceptors (Lipinski definition) is 4. The number of benzene rings is 2. The molecule has 0 bridgehead atoms. The third kappa shape index (κ3) is 2.51. The molecule has 0 aromatic heterocycles. The lowest BCUT2D eigenvalue weighted by atomic mass is 10.1. The first-order valence-electron chi connectivity index (χ1n) is 7.15. The van der Waals surface area contributed by atoms with Crippen LogP contribution in [0.1, 0.15) is 17.0 Å². The summed E-state index contributed by atoms with van der Waals surface area (Å²) in [7, 11) is -1.80. The lowest BCUT2D eigenvalue weighted by Gasteiger charge is -2.05. The van der Waals surface area contributed by atoms with Crippen molar-refractivity contribution in [2.45, 2.75) is 29.0 Å². The molecule has 1 saturated carbocycles. The first-order chi connectivity index (χ1) is 10.4. The van der Waals surface area contributed by atoms with Gasteiger partial charge in [0.05, 0.1) is 17.3 Å². The summed E-state index contributed by atoms with van der Waals surface area (Å²) in [6.07, 6.45) is 0. The molecule has 116 valence electrons. The van der Waals surface area contributed by atoms with Gasteiger partial charge in [0.1, 0.15) is 5.75 Å². The molecular weight excluding hydrogens is 298 g/mol. The maximum Gasteiger partial charge on any atom is 0.183 e. The number of rotatable bonds is 4. The number of hydrogen-bond donors (Lipinski definition) is 1. The van der Waals surface area contributed by atoms with Crippen molar-refractivity contribution in [2.24, 2.45) is 5.73 Å². The second kappa shape index (κ2) is 5.41. The molecule has 22 heavy (non-hydrogen) atoms. The topological polar surface area (TPSA) is 69.4 Å². The van der Waals surface area contributed by atoms with E-state index in [1.165, 1.54) is 0 Å². The Morgan fingerprint density at radius 3 is 2.14 bits per heavy atom. The molecule has 0 spiro atoms. The molecule has 0 unspecified atom stereocenters. The fraction of sp³-hybridized carbons (Fsp3) is 0.294. The molecule has 0 heterocycles. The molecule has 1 fully saturated rings. The Morgan fingerprint density at radius 1 is 1.00 bits per heavy atom. The molecule has 1 aliphatic rings.